The number of hydrogen-bond acceptors (Lipinski definition) is 6. The SMILES string of the molecule is CCCC[C@]1(O)[C@@H]([C@@H](O)CO)O[C@H](O)[C@@H]1O. The normalized spacial score (nSPS) is 41.2. The molecule has 0 spiro atoms. The van der Waals surface area contributed by atoms with Crippen molar-refractivity contribution in [2.75, 3.05) is 6.61 Å². The summed E-state index contributed by atoms with van der Waals surface area (Å²) in [6.07, 6.45) is -3.88. The van der Waals surface area contributed by atoms with Crippen molar-refractivity contribution in [3.63, 3.8) is 0 Å². The van der Waals surface area contributed by atoms with Crippen LogP contribution in [0.15, 0.2) is 0 Å². The van der Waals surface area contributed by atoms with E-state index in [-0.39, 0.29) is 6.42 Å². The summed E-state index contributed by atoms with van der Waals surface area (Å²) in [7, 11) is 0. The van der Waals surface area contributed by atoms with Crippen molar-refractivity contribution in [3.8, 4) is 0 Å². The summed E-state index contributed by atoms with van der Waals surface area (Å²) in [6.45, 7) is 1.32. The molecule has 0 radical (unpaired) electrons. The third-order valence-electron chi connectivity index (χ3n) is 3.03. The second kappa shape index (κ2) is 5.39. The summed E-state index contributed by atoms with van der Waals surface area (Å²) in [4.78, 5) is 0. The zero-order valence-corrected chi connectivity index (χ0v) is 9.28. The molecule has 5 N–H and O–H groups in total. The highest BCUT2D eigenvalue weighted by Gasteiger charge is 2.56. The first kappa shape index (κ1) is 13.8. The molecule has 5 atom stereocenters. The summed E-state index contributed by atoms with van der Waals surface area (Å²) in [5.41, 5.74) is -1.71. The Labute approximate surface area is 94.1 Å². The minimum absolute atomic E-state index is 0.198. The molecule has 6 nitrogen and oxygen atoms in total. The van der Waals surface area contributed by atoms with Gasteiger partial charge in [0.1, 0.15) is 23.9 Å². The van der Waals surface area contributed by atoms with Crippen LogP contribution in [-0.4, -0.2) is 62.3 Å². The molecule has 1 aliphatic heterocycles. The van der Waals surface area contributed by atoms with Crippen LogP contribution in [0, 0.1) is 0 Å². The first-order chi connectivity index (χ1) is 7.47. The molecule has 1 rings (SSSR count). The van der Waals surface area contributed by atoms with E-state index in [0.29, 0.717) is 6.42 Å². The molecular formula is C10H20O6. The highest BCUT2D eigenvalue weighted by atomic mass is 16.7. The molecule has 6 heteroatoms. The van der Waals surface area contributed by atoms with Gasteiger partial charge in [-0.05, 0) is 6.42 Å². The fourth-order valence-electron chi connectivity index (χ4n) is 2.03. The Balaban J connectivity index is 2.81. The topological polar surface area (TPSA) is 110 Å². The van der Waals surface area contributed by atoms with Crippen molar-refractivity contribution >= 4 is 0 Å². The molecule has 16 heavy (non-hydrogen) atoms. The van der Waals surface area contributed by atoms with Crippen LogP contribution in [0.4, 0.5) is 0 Å². The van der Waals surface area contributed by atoms with Crippen LogP contribution < -0.4 is 0 Å². The molecule has 0 saturated carbocycles. The second-order valence-corrected chi connectivity index (χ2v) is 4.24. The maximum absolute atomic E-state index is 10.2. The molecule has 1 heterocycles. The van der Waals surface area contributed by atoms with Gasteiger partial charge in [-0.15, -0.1) is 0 Å². The van der Waals surface area contributed by atoms with Crippen molar-refractivity contribution in [2.24, 2.45) is 0 Å². The lowest BCUT2D eigenvalue weighted by Crippen LogP contribution is -2.53. The van der Waals surface area contributed by atoms with Gasteiger partial charge >= 0.3 is 0 Å². The fraction of sp³-hybridized carbons (Fsp3) is 1.00. The van der Waals surface area contributed by atoms with E-state index in [1.807, 2.05) is 6.92 Å². The summed E-state index contributed by atoms with van der Waals surface area (Å²) < 4.78 is 4.88. The van der Waals surface area contributed by atoms with Crippen molar-refractivity contribution in [3.05, 3.63) is 0 Å². The smallest absolute Gasteiger partial charge is 0.184 e. The van der Waals surface area contributed by atoms with E-state index in [1.54, 1.807) is 0 Å². The van der Waals surface area contributed by atoms with Gasteiger partial charge in [-0.2, -0.15) is 0 Å². The van der Waals surface area contributed by atoms with Crippen molar-refractivity contribution in [2.45, 2.75) is 56.4 Å². The predicted octanol–water partition coefficient (Wildman–Crippen LogP) is -1.66. The van der Waals surface area contributed by atoms with Gasteiger partial charge in [0.05, 0.1) is 6.61 Å². The molecule has 1 saturated heterocycles. The maximum Gasteiger partial charge on any atom is 0.184 e. The van der Waals surface area contributed by atoms with Gasteiger partial charge in [-0.25, -0.2) is 0 Å². The monoisotopic (exact) mass is 236 g/mol. The number of unbranched alkanes of at least 4 members (excludes halogenated alkanes) is 1. The minimum atomic E-state index is -1.71. The lowest BCUT2D eigenvalue weighted by atomic mass is 9.85. The lowest BCUT2D eigenvalue weighted by Gasteiger charge is -2.32. The average molecular weight is 236 g/mol. The van der Waals surface area contributed by atoms with Gasteiger partial charge in [0.15, 0.2) is 6.29 Å². The zero-order chi connectivity index (χ0) is 12.3. The van der Waals surface area contributed by atoms with E-state index >= 15 is 0 Å². The quantitative estimate of drug-likeness (QED) is 0.391. The number of aliphatic hydroxyl groups excluding tert-OH is 4. The Bertz CT molecular complexity index is 223. The van der Waals surface area contributed by atoms with Gasteiger partial charge in [0.2, 0.25) is 0 Å². The maximum atomic E-state index is 10.2. The number of hydrogen-bond donors (Lipinski definition) is 5. The van der Waals surface area contributed by atoms with E-state index in [9.17, 15) is 20.4 Å². The molecule has 0 aromatic rings. The first-order valence-electron chi connectivity index (χ1n) is 5.50. The van der Waals surface area contributed by atoms with E-state index in [0.717, 1.165) is 6.42 Å². The van der Waals surface area contributed by atoms with Crippen molar-refractivity contribution < 1.29 is 30.3 Å². The fourth-order valence-corrected chi connectivity index (χ4v) is 2.03. The number of aliphatic hydroxyl groups is 5. The highest BCUT2D eigenvalue weighted by molar-refractivity contribution is 5.03. The van der Waals surface area contributed by atoms with Gasteiger partial charge in [-0.1, -0.05) is 19.8 Å². The Hall–Kier alpha value is -0.240. The molecule has 0 aromatic carbocycles. The first-order valence-corrected chi connectivity index (χ1v) is 5.50. The largest absolute Gasteiger partial charge is 0.394 e. The molecule has 0 amide bonds. The molecule has 0 unspecified atom stereocenters. The zero-order valence-electron chi connectivity index (χ0n) is 9.28. The van der Waals surface area contributed by atoms with Crippen LogP contribution in [0.2, 0.25) is 0 Å². The van der Waals surface area contributed by atoms with E-state index in [4.69, 9.17) is 9.84 Å². The molecule has 0 aliphatic carbocycles. The Morgan fingerprint density at radius 1 is 1.38 bits per heavy atom. The number of ether oxygens (including phenoxy) is 1. The van der Waals surface area contributed by atoms with Crippen LogP contribution >= 0.6 is 0 Å². The molecule has 1 fully saturated rings. The molecule has 96 valence electrons. The van der Waals surface area contributed by atoms with Gasteiger partial charge in [0, 0.05) is 0 Å². The van der Waals surface area contributed by atoms with E-state index in [2.05, 4.69) is 0 Å². The highest BCUT2D eigenvalue weighted by Crippen LogP contribution is 2.36. The minimum Gasteiger partial charge on any atom is -0.394 e. The van der Waals surface area contributed by atoms with Crippen LogP contribution in [-0.2, 0) is 4.74 Å². The summed E-state index contributed by atoms with van der Waals surface area (Å²) in [5.74, 6) is 0. The number of rotatable bonds is 5. The third-order valence-corrected chi connectivity index (χ3v) is 3.03. The van der Waals surface area contributed by atoms with Crippen molar-refractivity contribution in [1.82, 2.24) is 0 Å². The van der Waals surface area contributed by atoms with Crippen LogP contribution in [0.3, 0.4) is 0 Å². The molecule has 0 aromatic heterocycles. The average Bonchev–Trinajstić information content (AvgIpc) is 2.51. The van der Waals surface area contributed by atoms with Crippen LogP contribution in [0.25, 0.3) is 0 Å². The molecule has 1 aliphatic rings. The summed E-state index contributed by atoms with van der Waals surface area (Å²) in [6, 6.07) is 0. The lowest BCUT2D eigenvalue weighted by molar-refractivity contribution is -0.155. The second-order valence-electron chi connectivity index (χ2n) is 4.24. The predicted molar refractivity (Wildman–Crippen MR) is 54.5 cm³/mol. The Kier molecular flexibility index (Phi) is 4.66. The van der Waals surface area contributed by atoms with Gasteiger partial charge < -0.3 is 30.3 Å². The van der Waals surface area contributed by atoms with Gasteiger partial charge in [0.25, 0.3) is 0 Å². The summed E-state index contributed by atoms with van der Waals surface area (Å²) in [5, 5.41) is 47.5. The van der Waals surface area contributed by atoms with Gasteiger partial charge in [-0.3, -0.25) is 0 Å². The standard InChI is InChI=1S/C10H20O6/c1-2-3-4-10(15)7(13)9(14)16-8(10)6(12)5-11/h6-9,11-15H,2-5H2,1H3/t6-,7-,8+,9-,10+/m0/s1. The van der Waals surface area contributed by atoms with Crippen molar-refractivity contribution in [1.29, 1.82) is 0 Å². The molecule has 0 bridgehead atoms. The van der Waals surface area contributed by atoms with Crippen LogP contribution in [0.5, 0.6) is 0 Å². The third kappa shape index (κ3) is 2.37. The van der Waals surface area contributed by atoms with Crippen LogP contribution in [0.1, 0.15) is 26.2 Å². The summed E-state index contributed by atoms with van der Waals surface area (Å²) >= 11 is 0. The Morgan fingerprint density at radius 3 is 2.50 bits per heavy atom. The van der Waals surface area contributed by atoms with E-state index in [1.165, 1.54) is 0 Å². The Morgan fingerprint density at radius 2 is 2.00 bits per heavy atom. The van der Waals surface area contributed by atoms with E-state index < -0.39 is 36.8 Å². The molecular weight excluding hydrogens is 216 g/mol.